The lowest BCUT2D eigenvalue weighted by molar-refractivity contribution is -0.589. The lowest BCUT2D eigenvalue weighted by atomic mass is 10.1. The predicted octanol–water partition coefficient (Wildman–Crippen LogP) is 2.92. The minimum absolute atomic E-state index is 0.288. The van der Waals surface area contributed by atoms with E-state index >= 15 is 0 Å². The number of hydrogen-bond acceptors (Lipinski definition) is 3. The molecule has 96 valence electrons. The van der Waals surface area contributed by atoms with Gasteiger partial charge in [-0.2, -0.15) is 17.6 Å². The second kappa shape index (κ2) is 4.52. The van der Waals surface area contributed by atoms with Gasteiger partial charge in [0, 0.05) is 0 Å². The van der Waals surface area contributed by atoms with Crippen LogP contribution in [0.4, 0.5) is 17.6 Å². The Morgan fingerprint density at radius 2 is 2.18 bits per heavy atom. The zero-order chi connectivity index (χ0) is 13.3. The zero-order valence-electron chi connectivity index (χ0n) is 8.13. The maximum atomic E-state index is 13.5. The van der Waals surface area contributed by atoms with Crippen molar-refractivity contribution in [1.29, 1.82) is 0 Å². The minimum atomic E-state index is -4.64. The molecule has 0 saturated carbocycles. The number of rotatable bonds is 3. The Labute approximate surface area is 97.6 Å². The third kappa shape index (κ3) is 3.58. The second-order valence-corrected chi connectivity index (χ2v) is 3.65. The topological polar surface area (TPSA) is 52.4 Å². The predicted molar refractivity (Wildman–Crippen MR) is 49.5 cm³/mol. The lowest BCUT2D eigenvalue weighted by Crippen LogP contribution is -2.33. The third-order valence-electron chi connectivity index (χ3n) is 1.85. The fourth-order valence-electron chi connectivity index (χ4n) is 1.06. The first-order valence-corrected chi connectivity index (χ1v) is 4.64. The van der Waals surface area contributed by atoms with Crippen molar-refractivity contribution in [2.24, 2.45) is 0 Å². The normalized spacial score (nSPS) is 25.0. The fourth-order valence-corrected chi connectivity index (χ4v) is 1.25. The van der Waals surface area contributed by atoms with Crippen LogP contribution in [-0.2, 0) is 4.74 Å². The molecule has 1 rings (SSSR count). The summed E-state index contributed by atoms with van der Waals surface area (Å²) in [5, 5.41) is 10.1. The maximum Gasteiger partial charge on any atom is 0.422 e. The summed E-state index contributed by atoms with van der Waals surface area (Å²) < 4.78 is 53.2. The number of alkyl halides is 4. The van der Waals surface area contributed by atoms with Gasteiger partial charge in [-0.25, -0.2) is 0 Å². The van der Waals surface area contributed by atoms with Crippen molar-refractivity contribution < 1.29 is 27.2 Å². The van der Waals surface area contributed by atoms with Crippen LogP contribution >= 0.6 is 11.6 Å². The summed E-state index contributed by atoms with van der Waals surface area (Å²) in [6.07, 6.45) is -4.06. The standard InChI is InChI=1S/C8H6ClF4NO3/c9-5-1-2-7(10,14(15)16)3-6(5)17-4-8(11,12)13/h1,3H,2,4H2. The molecule has 4 nitrogen and oxygen atoms in total. The summed E-state index contributed by atoms with van der Waals surface area (Å²) >= 11 is 5.45. The molecule has 17 heavy (non-hydrogen) atoms. The molecule has 0 aliphatic heterocycles. The molecule has 9 heteroatoms. The first-order chi connectivity index (χ1) is 7.64. The van der Waals surface area contributed by atoms with Gasteiger partial charge in [0.2, 0.25) is 0 Å². The number of nitro groups is 1. The van der Waals surface area contributed by atoms with Gasteiger partial charge in [-0.15, -0.1) is 0 Å². The van der Waals surface area contributed by atoms with Crippen molar-refractivity contribution in [2.75, 3.05) is 6.61 Å². The molecule has 0 aromatic heterocycles. The Hall–Kier alpha value is -1.31. The highest BCUT2D eigenvalue weighted by Gasteiger charge is 2.44. The van der Waals surface area contributed by atoms with E-state index in [1.165, 1.54) is 0 Å². The van der Waals surface area contributed by atoms with Gasteiger partial charge in [0.1, 0.15) is 5.76 Å². The molecule has 0 saturated heterocycles. The van der Waals surface area contributed by atoms with Crippen LogP contribution in [0.25, 0.3) is 0 Å². The highest BCUT2D eigenvalue weighted by atomic mass is 35.5. The minimum Gasteiger partial charge on any atom is -0.483 e. The van der Waals surface area contributed by atoms with Crippen LogP contribution < -0.4 is 0 Å². The van der Waals surface area contributed by atoms with E-state index in [0.29, 0.717) is 6.08 Å². The van der Waals surface area contributed by atoms with Crippen LogP contribution in [0.2, 0.25) is 0 Å². The van der Waals surface area contributed by atoms with Gasteiger partial charge in [-0.05, 0) is 0 Å². The molecule has 0 bridgehead atoms. The first kappa shape index (κ1) is 13.8. The largest absolute Gasteiger partial charge is 0.483 e. The van der Waals surface area contributed by atoms with Crippen molar-refractivity contribution in [2.45, 2.75) is 18.4 Å². The molecule has 1 unspecified atom stereocenters. The molecule has 0 aromatic carbocycles. The summed E-state index contributed by atoms with van der Waals surface area (Å²) in [6.45, 7) is -1.70. The third-order valence-corrected chi connectivity index (χ3v) is 2.19. The van der Waals surface area contributed by atoms with Gasteiger partial charge in [0.05, 0.1) is 22.5 Å². The Morgan fingerprint density at radius 3 is 2.65 bits per heavy atom. The van der Waals surface area contributed by atoms with Crippen molar-refractivity contribution >= 4 is 11.6 Å². The van der Waals surface area contributed by atoms with E-state index in [-0.39, 0.29) is 5.03 Å². The van der Waals surface area contributed by atoms with Crippen LogP contribution in [0.3, 0.4) is 0 Å². The Bertz CT molecular complexity index is 393. The summed E-state index contributed by atoms with van der Waals surface area (Å²) in [7, 11) is 0. The van der Waals surface area contributed by atoms with E-state index in [4.69, 9.17) is 11.6 Å². The maximum absolute atomic E-state index is 13.5. The zero-order valence-corrected chi connectivity index (χ0v) is 8.89. The van der Waals surface area contributed by atoms with Crippen molar-refractivity contribution in [3.63, 3.8) is 0 Å². The summed E-state index contributed by atoms with van der Waals surface area (Å²) in [4.78, 5) is 9.11. The molecule has 1 aliphatic rings. The van der Waals surface area contributed by atoms with Crippen LogP contribution in [0, 0.1) is 10.1 Å². The Kier molecular flexibility index (Phi) is 3.65. The summed E-state index contributed by atoms with van der Waals surface area (Å²) in [6, 6.07) is 0. The van der Waals surface area contributed by atoms with Crippen molar-refractivity contribution in [3.8, 4) is 0 Å². The molecule has 0 spiro atoms. The van der Waals surface area contributed by atoms with Crippen LogP contribution in [0.5, 0.6) is 0 Å². The van der Waals surface area contributed by atoms with E-state index in [2.05, 4.69) is 4.74 Å². The summed E-state index contributed by atoms with van der Waals surface area (Å²) in [5.41, 5.74) is 0. The molecule has 0 fully saturated rings. The number of halogens is 5. The van der Waals surface area contributed by atoms with E-state index in [0.717, 1.165) is 6.08 Å². The highest BCUT2D eigenvalue weighted by molar-refractivity contribution is 6.31. The van der Waals surface area contributed by atoms with Gasteiger partial charge >= 0.3 is 12.0 Å². The number of hydrogen-bond donors (Lipinski definition) is 0. The van der Waals surface area contributed by atoms with E-state index in [9.17, 15) is 27.7 Å². The molecule has 0 amide bonds. The van der Waals surface area contributed by atoms with E-state index in [1.807, 2.05) is 0 Å². The smallest absolute Gasteiger partial charge is 0.422 e. The molecule has 0 N–H and O–H groups in total. The average molecular weight is 276 g/mol. The van der Waals surface area contributed by atoms with Gasteiger partial charge in [0.15, 0.2) is 6.61 Å². The molecule has 1 aliphatic carbocycles. The number of ether oxygens (including phenoxy) is 1. The Morgan fingerprint density at radius 1 is 1.59 bits per heavy atom. The van der Waals surface area contributed by atoms with Crippen LogP contribution in [0.1, 0.15) is 6.42 Å². The lowest BCUT2D eigenvalue weighted by Gasteiger charge is -2.19. The molecule has 0 heterocycles. The molecule has 1 atom stereocenters. The fraction of sp³-hybridized carbons (Fsp3) is 0.500. The van der Waals surface area contributed by atoms with Crippen molar-refractivity contribution in [1.82, 2.24) is 0 Å². The number of nitrogens with zero attached hydrogens (tertiary/aromatic N) is 1. The summed E-state index contributed by atoms with van der Waals surface area (Å²) in [5.74, 6) is -3.67. The second-order valence-electron chi connectivity index (χ2n) is 3.24. The molecular weight excluding hydrogens is 270 g/mol. The van der Waals surface area contributed by atoms with Crippen LogP contribution in [0.15, 0.2) is 22.9 Å². The highest BCUT2D eigenvalue weighted by Crippen LogP contribution is 2.33. The molecule has 0 aromatic rings. The van der Waals surface area contributed by atoms with Gasteiger partial charge < -0.3 is 4.74 Å². The van der Waals surface area contributed by atoms with E-state index < -0.39 is 35.7 Å². The van der Waals surface area contributed by atoms with Gasteiger partial charge in [-0.3, -0.25) is 10.1 Å². The Balaban J connectivity index is 2.84. The van der Waals surface area contributed by atoms with Gasteiger partial charge in [-0.1, -0.05) is 17.7 Å². The average Bonchev–Trinajstić information content (AvgIpc) is 2.18. The monoisotopic (exact) mass is 275 g/mol. The first-order valence-electron chi connectivity index (χ1n) is 4.26. The van der Waals surface area contributed by atoms with E-state index in [1.54, 1.807) is 0 Å². The quantitative estimate of drug-likeness (QED) is 0.344. The van der Waals surface area contributed by atoms with Gasteiger partial charge in [0.25, 0.3) is 0 Å². The number of allylic oxidation sites excluding steroid dienone is 1. The molecule has 0 radical (unpaired) electrons. The SMILES string of the molecule is O=[N+]([O-])C1(F)C=C(OCC(F)(F)F)C(Cl)=CC1. The molecular formula is C8H6ClF4NO3. The van der Waals surface area contributed by atoms with Crippen molar-refractivity contribution in [3.05, 3.63) is 33.1 Å². The van der Waals surface area contributed by atoms with Crippen LogP contribution in [-0.4, -0.2) is 23.5 Å².